The van der Waals surface area contributed by atoms with Crippen LogP contribution in [-0.4, -0.2) is 5.78 Å². The number of hydrogen-bond donors (Lipinski definition) is 0. The third-order valence-corrected chi connectivity index (χ3v) is 6.39. The fourth-order valence-electron chi connectivity index (χ4n) is 4.60. The summed E-state index contributed by atoms with van der Waals surface area (Å²) >= 11 is 0. The van der Waals surface area contributed by atoms with Crippen molar-refractivity contribution in [3.8, 4) is 0 Å². The first-order chi connectivity index (χ1) is 16.1. The smallest absolute Gasteiger partial charge is 0.336 e. The lowest BCUT2D eigenvalue weighted by molar-refractivity contribution is 0.101. The van der Waals surface area contributed by atoms with Crippen molar-refractivity contribution in [1.29, 1.82) is 0 Å². The fourth-order valence-corrected chi connectivity index (χ4v) is 4.60. The highest BCUT2D eigenvalue weighted by Gasteiger charge is 2.24. The lowest BCUT2D eigenvalue weighted by atomic mass is 9.97. The van der Waals surface area contributed by atoms with E-state index in [1.807, 2.05) is 37.3 Å². The van der Waals surface area contributed by atoms with E-state index in [0.29, 0.717) is 28.9 Å². The minimum absolute atomic E-state index is 0.135. The lowest BCUT2D eigenvalue weighted by Crippen LogP contribution is -2.04. The van der Waals surface area contributed by atoms with E-state index in [4.69, 9.17) is 8.83 Å². The Labute approximate surface area is 194 Å². The molecular weight excluding hydrogens is 412 g/mol. The van der Waals surface area contributed by atoms with E-state index in [0.717, 1.165) is 34.7 Å². The van der Waals surface area contributed by atoms with Gasteiger partial charge in [-0.2, -0.15) is 0 Å². The molecule has 0 spiro atoms. The lowest BCUT2D eigenvalue weighted by Gasteiger charge is -2.06. The van der Waals surface area contributed by atoms with Gasteiger partial charge in [0.25, 0.3) is 0 Å². The molecule has 0 aliphatic carbocycles. The molecule has 2 aromatic heterocycles. The van der Waals surface area contributed by atoms with Crippen LogP contribution in [0.4, 0.5) is 0 Å². The molecular formula is C29H32O4. The number of carbonyl (C=O) groups is 1. The van der Waals surface area contributed by atoms with Gasteiger partial charge >= 0.3 is 5.63 Å². The van der Waals surface area contributed by atoms with Crippen LogP contribution in [0.1, 0.15) is 85.5 Å². The maximum atomic E-state index is 13.4. The van der Waals surface area contributed by atoms with Gasteiger partial charge in [-0.25, -0.2) is 4.79 Å². The van der Waals surface area contributed by atoms with E-state index >= 15 is 0 Å². The maximum absolute atomic E-state index is 13.4. The van der Waals surface area contributed by atoms with Crippen molar-refractivity contribution in [2.45, 2.75) is 71.6 Å². The summed E-state index contributed by atoms with van der Waals surface area (Å²) in [4.78, 5) is 25.5. The quantitative estimate of drug-likeness (QED) is 0.135. The Hall–Kier alpha value is -3.14. The number of fused-ring (bicyclic) bond motifs is 3. The molecule has 0 aliphatic rings. The van der Waals surface area contributed by atoms with Gasteiger partial charge in [0.15, 0.2) is 5.76 Å². The predicted octanol–water partition coefficient (Wildman–Crippen LogP) is 7.76. The van der Waals surface area contributed by atoms with Gasteiger partial charge in [-0.3, -0.25) is 4.79 Å². The molecule has 0 unspecified atom stereocenters. The number of hydrogen-bond acceptors (Lipinski definition) is 4. The van der Waals surface area contributed by atoms with Crippen molar-refractivity contribution in [3.05, 3.63) is 81.4 Å². The molecule has 0 amide bonds. The summed E-state index contributed by atoms with van der Waals surface area (Å²) in [5.41, 5.74) is 3.02. The van der Waals surface area contributed by atoms with Crippen molar-refractivity contribution >= 4 is 27.7 Å². The van der Waals surface area contributed by atoms with Crippen LogP contribution in [-0.2, 0) is 6.42 Å². The predicted molar refractivity (Wildman–Crippen MR) is 133 cm³/mol. The fraction of sp³-hybridized carbons (Fsp3) is 0.379. The first-order valence-electron chi connectivity index (χ1n) is 12.2. The SMILES string of the molecule is CCCCCCCCCCc1c(C(=O)c2ccccc2)oc2ccc3c(C)cc(=O)oc3c12. The third-order valence-electron chi connectivity index (χ3n) is 6.39. The highest BCUT2D eigenvalue weighted by atomic mass is 16.4. The molecule has 4 aromatic rings. The number of ketones is 1. The minimum Gasteiger partial charge on any atom is -0.452 e. The molecule has 0 atom stereocenters. The van der Waals surface area contributed by atoms with Crippen molar-refractivity contribution in [2.24, 2.45) is 0 Å². The topological polar surface area (TPSA) is 60.4 Å². The standard InChI is InChI=1S/C29H32O4/c1-3-4-5-6-7-8-9-13-16-23-26-24(18-17-22-20(2)19-25(30)33-28(22)26)32-29(23)27(31)21-14-11-10-12-15-21/h10-12,14-15,17-19H,3-9,13,16H2,1-2H3. The average molecular weight is 445 g/mol. The molecule has 33 heavy (non-hydrogen) atoms. The zero-order valence-corrected chi connectivity index (χ0v) is 19.6. The van der Waals surface area contributed by atoms with Crippen molar-refractivity contribution in [1.82, 2.24) is 0 Å². The molecule has 172 valence electrons. The van der Waals surface area contributed by atoms with E-state index in [1.165, 1.54) is 44.6 Å². The van der Waals surface area contributed by atoms with Crippen LogP contribution in [0.15, 0.2) is 62.2 Å². The van der Waals surface area contributed by atoms with Crippen LogP contribution in [0.5, 0.6) is 0 Å². The van der Waals surface area contributed by atoms with E-state index in [1.54, 1.807) is 12.1 Å². The van der Waals surface area contributed by atoms with Gasteiger partial charge in [0.05, 0.1) is 5.39 Å². The van der Waals surface area contributed by atoms with Crippen LogP contribution >= 0.6 is 0 Å². The number of rotatable bonds is 11. The molecule has 2 aromatic carbocycles. The second-order valence-corrected chi connectivity index (χ2v) is 8.89. The van der Waals surface area contributed by atoms with E-state index in [9.17, 15) is 9.59 Å². The molecule has 0 saturated carbocycles. The van der Waals surface area contributed by atoms with Crippen LogP contribution in [0.25, 0.3) is 21.9 Å². The molecule has 0 bridgehead atoms. The maximum Gasteiger partial charge on any atom is 0.336 e. The number of unbranched alkanes of at least 4 members (excludes halogenated alkanes) is 7. The van der Waals surface area contributed by atoms with Crippen molar-refractivity contribution < 1.29 is 13.6 Å². The molecule has 4 nitrogen and oxygen atoms in total. The number of benzene rings is 2. The van der Waals surface area contributed by atoms with Crippen molar-refractivity contribution in [2.75, 3.05) is 0 Å². The summed E-state index contributed by atoms with van der Waals surface area (Å²) in [7, 11) is 0. The second kappa shape index (κ2) is 10.7. The molecule has 0 fully saturated rings. The molecule has 0 N–H and O–H groups in total. The Bertz CT molecular complexity index is 1290. The molecule has 4 heteroatoms. The van der Waals surface area contributed by atoms with E-state index in [2.05, 4.69) is 6.92 Å². The van der Waals surface area contributed by atoms with Crippen LogP contribution in [0.3, 0.4) is 0 Å². The first-order valence-corrected chi connectivity index (χ1v) is 12.2. The third kappa shape index (κ3) is 5.11. The summed E-state index contributed by atoms with van der Waals surface area (Å²) in [6.45, 7) is 4.14. The van der Waals surface area contributed by atoms with Gasteiger partial charge in [0.1, 0.15) is 11.2 Å². The minimum atomic E-state index is -0.386. The monoisotopic (exact) mass is 444 g/mol. The number of carbonyl (C=O) groups excluding carboxylic acids is 1. The average Bonchev–Trinajstić information content (AvgIpc) is 3.20. The summed E-state index contributed by atoms with van der Waals surface area (Å²) < 4.78 is 11.8. The molecule has 0 saturated heterocycles. The summed E-state index contributed by atoms with van der Waals surface area (Å²) in [6, 6.07) is 14.5. The van der Waals surface area contributed by atoms with Gasteiger partial charge in [0, 0.05) is 22.6 Å². The van der Waals surface area contributed by atoms with Gasteiger partial charge in [-0.1, -0.05) is 82.2 Å². The Morgan fingerprint density at radius 3 is 2.27 bits per heavy atom. The normalized spacial score (nSPS) is 11.5. The molecule has 0 radical (unpaired) electrons. The van der Waals surface area contributed by atoms with Gasteiger partial charge in [-0.15, -0.1) is 0 Å². The number of furan rings is 1. The van der Waals surface area contributed by atoms with Gasteiger partial charge < -0.3 is 8.83 Å². The second-order valence-electron chi connectivity index (χ2n) is 8.89. The molecule has 2 heterocycles. The van der Waals surface area contributed by atoms with Crippen LogP contribution < -0.4 is 5.63 Å². The van der Waals surface area contributed by atoms with Gasteiger partial charge in [-0.05, 0) is 37.5 Å². The van der Waals surface area contributed by atoms with Crippen LogP contribution in [0, 0.1) is 6.92 Å². The zero-order valence-electron chi connectivity index (χ0n) is 19.6. The van der Waals surface area contributed by atoms with E-state index < -0.39 is 0 Å². The first kappa shape index (κ1) is 23.0. The Morgan fingerprint density at radius 2 is 1.55 bits per heavy atom. The molecule has 0 aliphatic heterocycles. The Morgan fingerprint density at radius 1 is 0.848 bits per heavy atom. The largest absolute Gasteiger partial charge is 0.452 e. The summed E-state index contributed by atoms with van der Waals surface area (Å²) in [5.74, 6) is 0.223. The summed E-state index contributed by atoms with van der Waals surface area (Å²) in [5, 5.41) is 1.63. The Balaban J connectivity index is 1.68. The molecule has 4 rings (SSSR count). The van der Waals surface area contributed by atoms with E-state index in [-0.39, 0.29) is 11.4 Å². The summed E-state index contributed by atoms with van der Waals surface area (Å²) in [6.07, 6.45) is 10.4. The van der Waals surface area contributed by atoms with Gasteiger partial charge in [0.2, 0.25) is 5.78 Å². The Kier molecular flexibility index (Phi) is 7.43. The zero-order chi connectivity index (χ0) is 23.2. The number of aryl methyl sites for hydroxylation is 2. The van der Waals surface area contributed by atoms with Crippen molar-refractivity contribution in [3.63, 3.8) is 0 Å². The highest BCUT2D eigenvalue weighted by molar-refractivity contribution is 6.14. The van der Waals surface area contributed by atoms with Crippen LogP contribution in [0.2, 0.25) is 0 Å². The highest BCUT2D eigenvalue weighted by Crippen LogP contribution is 2.35.